The summed E-state index contributed by atoms with van der Waals surface area (Å²) in [6, 6.07) is 25.1. The van der Waals surface area contributed by atoms with E-state index in [0.29, 0.717) is 0 Å². The fourth-order valence-corrected chi connectivity index (χ4v) is 2.74. The average Bonchev–Trinajstić information content (AvgIpc) is 2.72. The van der Waals surface area contributed by atoms with Gasteiger partial charge in [-0.05, 0) is 53.1 Å². The van der Waals surface area contributed by atoms with Gasteiger partial charge in [0.15, 0.2) is 0 Å². The summed E-state index contributed by atoms with van der Waals surface area (Å²) in [7, 11) is 5.78. The van der Waals surface area contributed by atoms with Crippen LogP contribution in [-0.4, -0.2) is 21.2 Å². The summed E-state index contributed by atoms with van der Waals surface area (Å²) in [5.41, 5.74) is 5.92. The molecule has 0 aliphatic rings. The highest BCUT2D eigenvalue weighted by Crippen LogP contribution is 2.17. The monoisotopic (exact) mass is 358 g/mol. The fraction of sp³-hybridized carbons (Fsp3) is 0.167. The largest absolute Gasteiger partial charge is 0.497 e. The molecule has 0 saturated heterocycles. The third-order valence-corrected chi connectivity index (χ3v) is 4.44. The van der Waals surface area contributed by atoms with Crippen molar-refractivity contribution in [3.63, 3.8) is 0 Å². The van der Waals surface area contributed by atoms with Crippen LogP contribution in [0, 0.1) is 0 Å². The van der Waals surface area contributed by atoms with Crippen molar-refractivity contribution in [1.82, 2.24) is 0 Å². The maximum Gasteiger partial charge on any atom is 0.118 e. The van der Waals surface area contributed by atoms with Crippen molar-refractivity contribution >= 4 is 23.5 Å². The number of benzene rings is 3. The Morgan fingerprint density at radius 2 is 1.33 bits per heavy atom. The molecule has 0 radical (unpaired) electrons. The van der Waals surface area contributed by atoms with Gasteiger partial charge >= 0.3 is 0 Å². The highest BCUT2D eigenvalue weighted by Gasteiger charge is 1.97. The second-order valence-electron chi connectivity index (χ2n) is 6.64. The predicted molar refractivity (Wildman–Crippen MR) is 116 cm³/mol. The normalized spacial score (nSPS) is 10.8. The first kappa shape index (κ1) is 18.6. The van der Waals surface area contributed by atoms with Crippen LogP contribution in [0.2, 0.25) is 0 Å². The van der Waals surface area contributed by atoms with Gasteiger partial charge in [0.25, 0.3) is 0 Å². The summed E-state index contributed by atoms with van der Waals surface area (Å²) in [5, 5.41) is 3.45. The molecule has 27 heavy (non-hydrogen) atoms. The lowest BCUT2D eigenvalue weighted by molar-refractivity contribution is 0.414. The molecule has 3 rings (SSSR count). The first-order valence-electron chi connectivity index (χ1n) is 9.06. The number of nitrogens with zero attached hydrogens (tertiary/aromatic N) is 1. The van der Waals surface area contributed by atoms with Crippen molar-refractivity contribution < 1.29 is 4.74 Å². The van der Waals surface area contributed by atoms with Crippen LogP contribution in [0.25, 0.3) is 12.2 Å². The van der Waals surface area contributed by atoms with E-state index in [2.05, 4.69) is 97.1 Å². The molecule has 3 nitrogen and oxygen atoms in total. The molecule has 0 amide bonds. The molecule has 138 valence electrons. The molecule has 0 aliphatic heterocycles. The van der Waals surface area contributed by atoms with Gasteiger partial charge < -0.3 is 15.0 Å². The average molecular weight is 358 g/mol. The molecular formula is C24H26N2O. The van der Waals surface area contributed by atoms with Crippen LogP contribution < -0.4 is 15.0 Å². The van der Waals surface area contributed by atoms with Crippen LogP contribution in [0.15, 0.2) is 72.8 Å². The van der Waals surface area contributed by atoms with E-state index in [0.717, 1.165) is 18.0 Å². The minimum absolute atomic E-state index is 0.789. The second kappa shape index (κ2) is 8.95. The van der Waals surface area contributed by atoms with Gasteiger partial charge in [0.05, 0.1) is 7.11 Å². The van der Waals surface area contributed by atoms with E-state index in [-0.39, 0.29) is 0 Å². The Hall–Kier alpha value is -3.20. The zero-order chi connectivity index (χ0) is 19.1. The van der Waals surface area contributed by atoms with Crippen molar-refractivity contribution in [3.05, 3.63) is 89.5 Å². The van der Waals surface area contributed by atoms with E-state index in [1.165, 1.54) is 22.4 Å². The third kappa shape index (κ3) is 5.38. The van der Waals surface area contributed by atoms with Crippen LogP contribution in [0.4, 0.5) is 11.4 Å². The van der Waals surface area contributed by atoms with E-state index in [1.807, 2.05) is 12.1 Å². The molecule has 0 unspecified atom stereocenters. The Labute approximate surface area is 161 Å². The second-order valence-corrected chi connectivity index (χ2v) is 6.64. The molecule has 0 spiro atoms. The molecule has 0 aromatic heterocycles. The molecule has 1 N–H and O–H groups in total. The molecule has 3 aromatic carbocycles. The smallest absolute Gasteiger partial charge is 0.118 e. The van der Waals surface area contributed by atoms with Crippen molar-refractivity contribution in [3.8, 4) is 5.75 Å². The van der Waals surface area contributed by atoms with Gasteiger partial charge in [0, 0.05) is 32.0 Å². The highest BCUT2D eigenvalue weighted by molar-refractivity contribution is 5.71. The van der Waals surface area contributed by atoms with Crippen LogP contribution in [0.1, 0.15) is 16.7 Å². The van der Waals surface area contributed by atoms with Gasteiger partial charge in [0.2, 0.25) is 0 Å². The number of nitrogens with one attached hydrogen (secondary N) is 1. The molecular weight excluding hydrogens is 332 g/mol. The van der Waals surface area contributed by atoms with Gasteiger partial charge in [-0.1, -0.05) is 48.6 Å². The Kier molecular flexibility index (Phi) is 6.16. The lowest BCUT2D eigenvalue weighted by Gasteiger charge is -2.11. The van der Waals surface area contributed by atoms with Crippen LogP contribution in [-0.2, 0) is 6.54 Å². The molecule has 0 heterocycles. The first-order chi connectivity index (χ1) is 13.1. The summed E-state index contributed by atoms with van der Waals surface area (Å²) in [5.74, 6) is 0.881. The van der Waals surface area contributed by atoms with E-state index in [4.69, 9.17) is 4.74 Å². The van der Waals surface area contributed by atoms with E-state index < -0.39 is 0 Å². The van der Waals surface area contributed by atoms with Crippen molar-refractivity contribution in [2.45, 2.75) is 6.54 Å². The maximum absolute atomic E-state index is 5.19. The Bertz CT molecular complexity index is 864. The quantitative estimate of drug-likeness (QED) is 0.561. The summed E-state index contributed by atoms with van der Waals surface area (Å²) in [4.78, 5) is 2.10. The number of methoxy groups -OCH3 is 1. The van der Waals surface area contributed by atoms with Gasteiger partial charge in [-0.2, -0.15) is 0 Å². The third-order valence-electron chi connectivity index (χ3n) is 4.44. The van der Waals surface area contributed by atoms with Crippen LogP contribution >= 0.6 is 0 Å². The summed E-state index contributed by atoms with van der Waals surface area (Å²) >= 11 is 0. The topological polar surface area (TPSA) is 24.5 Å². The highest BCUT2D eigenvalue weighted by atomic mass is 16.5. The number of hydrogen-bond donors (Lipinski definition) is 1. The Morgan fingerprint density at radius 3 is 1.85 bits per heavy atom. The van der Waals surface area contributed by atoms with Crippen molar-refractivity contribution in [2.75, 3.05) is 31.4 Å². The Morgan fingerprint density at radius 1 is 0.778 bits per heavy atom. The summed E-state index contributed by atoms with van der Waals surface area (Å²) in [6.45, 7) is 0.789. The van der Waals surface area contributed by atoms with Gasteiger partial charge in [-0.15, -0.1) is 0 Å². The van der Waals surface area contributed by atoms with Crippen LogP contribution in [0.3, 0.4) is 0 Å². The van der Waals surface area contributed by atoms with Gasteiger partial charge in [-0.25, -0.2) is 0 Å². The van der Waals surface area contributed by atoms with Crippen molar-refractivity contribution in [1.29, 1.82) is 0 Å². The van der Waals surface area contributed by atoms with Crippen LogP contribution in [0.5, 0.6) is 5.75 Å². The van der Waals surface area contributed by atoms with E-state index in [1.54, 1.807) is 7.11 Å². The zero-order valence-corrected chi connectivity index (χ0v) is 16.1. The SMILES string of the molecule is COc1ccc(CNc2ccc(C=Cc3ccc(N(C)C)cc3)cc2)cc1. The molecule has 0 saturated carbocycles. The fourth-order valence-electron chi connectivity index (χ4n) is 2.74. The standard InChI is InChI=1S/C24H26N2O/c1-26(2)23-14-8-20(9-15-23)5-4-19-6-12-22(13-7-19)25-18-21-10-16-24(27-3)17-11-21/h4-17,25H,18H2,1-3H3. The molecule has 0 bridgehead atoms. The lowest BCUT2D eigenvalue weighted by atomic mass is 10.1. The molecule has 0 atom stereocenters. The Balaban J connectivity index is 1.56. The van der Waals surface area contributed by atoms with Gasteiger partial charge in [0.1, 0.15) is 5.75 Å². The number of rotatable bonds is 7. The minimum Gasteiger partial charge on any atom is -0.497 e. The number of hydrogen-bond acceptors (Lipinski definition) is 3. The maximum atomic E-state index is 5.19. The lowest BCUT2D eigenvalue weighted by Crippen LogP contribution is -2.07. The summed E-state index contributed by atoms with van der Waals surface area (Å²) in [6.07, 6.45) is 4.27. The molecule has 0 aliphatic carbocycles. The van der Waals surface area contributed by atoms with Crippen molar-refractivity contribution in [2.24, 2.45) is 0 Å². The molecule has 3 aromatic rings. The minimum atomic E-state index is 0.789. The predicted octanol–water partition coefficient (Wildman–Crippen LogP) is 5.54. The zero-order valence-electron chi connectivity index (χ0n) is 16.1. The molecule has 3 heteroatoms. The number of ether oxygens (including phenoxy) is 1. The molecule has 0 fully saturated rings. The summed E-state index contributed by atoms with van der Waals surface area (Å²) < 4.78 is 5.19. The number of anilines is 2. The first-order valence-corrected chi connectivity index (χ1v) is 9.06. The van der Waals surface area contributed by atoms with E-state index in [9.17, 15) is 0 Å². The van der Waals surface area contributed by atoms with Gasteiger partial charge in [-0.3, -0.25) is 0 Å². The van der Waals surface area contributed by atoms with E-state index >= 15 is 0 Å².